The van der Waals surface area contributed by atoms with Crippen molar-refractivity contribution < 1.29 is 19.3 Å². The zero-order valence-corrected chi connectivity index (χ0v) is 18.0. The summed E-state index contributed by atoms with van der Waals surface area (Å²) < 4.78 is 0. The van der Waals surface area contributed by atoms with Crippen molar-refractivity contribution in [3.8, 4) is 0 Å². The minimum absolute atomic E-state index is 0.00925. The van der Waals surface area contributed by atoms with Crippen molar-refractivity contribution >= 4 is 34.8 Å². The molecule has 33 heavy (non-hydrogen) atoms. The van der Waals surface area contributed by atoms with Gasteiger partial charge >= 0.3 is 0 Å². The van der Waals surface area contributed by atoms with E-state index in [0.29, 0.717) is 11.3 Å². The molecule has 0 radical (unpaired) electrons. The SMILES string of the molecule is O=C1[C@@H]2[C@@H](c3ccc(Cl)c([N+](=O)[O-])c3)N(c3ccccc3)O[C@H]2C(=O)N1Cc1ccccc1. The number of nitro groups is 1. The van der Waals surface area contributed by atoms with E-state index in [1.165, 1.54) is 22.1 Å². The molecule has 8 nitrogen and oxygen atoms in total. The Labute approximate surface area is 194 Å². The lowest BCUT2D eigenvalue weighted by atomic mass is 9.90. The number of imide groups is 1. The number of fused-ring (bicyclic) bond motifs is 1. The summed E-state index contributed by atoms with van der Waals surface area (Å²) in [5, 5.41) is 13.0. The molecule has 0 spiro atoms. The molecule has 0 saturated carbocycles. The van der Waals surface area contributed by atoms with E-state index < -0.39 is 28.9 Å². The number of amides is 2. The molecule has 0 bridgehead atoms. The number of anilines is 1. The Kier molecular flexibility index (Phi) is 5.32. The standard InChI is InChI=1S/C24H18ClN3O5/c25-18-12-11-16(13-19(18)28(31)32)21-20-22(33-27(21)17-9-5-2-6-10-17)24(30)26(23(20)29)14-15-7-3-1-4-8-15/h1-13,20-22H,14H2/t20-,21-,22-/m1/s1. The molecule has 0 aromatic heterocycles. The van der Waals surface area contributed by atoms with Crippen LogP contribution in [0, 0.1) is 16.0 Å². The molecule has 2 aliphatic rings. The van der Waals surface area contributed by atoms with E-state index in [2.05, 4.69) is 0 Å². The van der Waals surface area contributed by atoms with Gasteiger partial charge < -0.3 is 0 Å². The van der Waals surface area contributed by atoms with Gasteiger partial charge in [-0.1, -0.05) is 66.2 Å². The van der Waals surface area contributed by atoms with Gasteiger partial charge in [-0.3, -0.25) is 29.4 Å². The first-order chi connectivity index (χ1) is 16.0. The maximum absolute atomic E-state index is 13.5. The van der Waals surface area contributed by atoms with E-state index in [1.54, 1.807) is 30.3 Å². The third kappa shape index (κ3) is 3.63. The Morgan fingerprint density at radius 1 is 0.939 bits per heavy atom. The van der Waals surface area contributed by atoms with Crippen LogP contribution in [0.3, 0.4) is 0 Å². The number of rotatable bonds is 5. The molecule has 2 aliphatic heterocycles. The van der Waals surface area contributed by atoms with Crippen molar-refractivity contribution in [3.63, 3.8) is 0 Å². The van der Waals surface area contributed by atoms with E-state index >= 15 is 0 Å². The fourth-order valence-electron chi connectivity index (χ4n) is 4.38. The number of carbonyl (C=O) groups is 2. The number of benzene rings is 3. The Bertz CT molecular complexity index is 1240. The predicted molar refractivity (Wildman–Crippen MR) is 120 cm³/mol. The molecular formula is C24H18ClN3O5. The smallest absolute Gasteiger partial charge is 0.275 e. The Balaban J connectivity index is 1.56. The normalized spacial score (nSPS) is 22.0. The van der Waals surface area contributed by atoms with Crippen molar-refractivity contribution in [2.75, 3.05) is 5.06 Å². The summed E-state index contributed by atoms with van der Waals surface area (Å²) in [4.78, 5) is 44.8. The fraction of sp³-hybridized carbons (Fsp3) is 0.167. The zero-order chi connectivity index (χ0) is 23.1. The maximum Gasteiger partial charge on any atom is 0.288 e. The highest BCUT2D eigenvalue weighted by molar-refractivity contribution is 6.32. The molecule has 0 N–H and O–H groups in total. The number of halogens is 1. The molecular weight excluding hydrogens is 446 g/mol. The van der Waals surface area contributed by atoms with E-state index in [-0.39, 0.29) is 23.2 Å². The van der Waals surface area contributed by atoms with Crippen molar-refractivity contribution in [2.24, 2.45) is 5.92 Å². The first kappa shape index (κ1) is 21.1. The lowest BCUT2D eigenvalue weighted by Gasteiger charge is -2.28. The monoisotopic (exact) mass is 463 g/mol. The van der Waals surface area contributed by atoms with Gasteiger partial charge in [0.15, 0.2) is 6.10 Å². The van der Waals surface area contributed by atoms with Crippen LogP contribution in [0.1, 0.15) is 17.2 Å². The van der Waals surface area contributed by atoms with Gasteiger partial charge in [0.1, 0.15) is 10.9 Å². The van der Waals surface area contributed by atoms with Crippen molar-refractivity contribution in [1.29, 1.82) is 0 Å². The Hall–Kier alpha value is -3.75. The number of hydrogen-bond donors (Lipinski definition) is 0. The number of hydroxylamine groups is 1. The summed E-state index contributed by atoms with van der Waals surface area (Å²) in [6, 6.07) is 21.9. The largest absolute Gasteiger partial charge is 0.288 e. The minimum Gasteiger partial charge on any atom is -0.275 e. The van der Waals surface area contributed by atoms with Gasteiger partial charge in [0.2, 0.25) is 5.91 Å². The van der Waals surface area contributed by atoms with Gasteiger partial charge in [-0.05, 0) is 29.3 Å². The summed E-state index contributed by atoms with van der Waals surface area (Å²) in [6.45, 7) is 0.133. The second kappa shape index (κ2) is 8.31. The summed E-state index contributed by atoms with van der Waals surface area (Å²) >= 11 is 6.01. The van der Waals surface area contributed by atoms with E-state index in [0.717, 1.165) is 5.56 Å². The molecule has 3 atom stereocenters. The molecule has 0 aliphatic carbocycles. The Morgan fingerprint density at radius 3 is 2.27 bits per heavy atom. The van der Waals surface area contributed by atoms with Crippen LogP contribution in [0.5, 0.6) is 0 Å². The lowest BCUT2D eigenvalue weighted by molar-refractivity contribution is -0.384. The molecule has 166 valence electrons. The number of carbonyl (C=O) groups excluding carboxylic acids is 2. The number of nitro benzene ring substituents is 1. The van der Waals surface area contributed by atoms with Crippen LogP contribution in [0.2, 0.25) is 5.02 Å². The summed E-state index contributed by atoms with van der Waals surface area (Å²) in [7, 11) is 0. The highest BCUT2D eigenvalue weighted by Crippen LogP contribution is 2.47. The molecule has 9 heteroatoms. The van der Waals surface area contributed by atoms with Crippen LogP contribution >= 0.6 is 11.6 Å². The molecule has 2 saturated heterocycles. The maximum atomic E-state index is 13.5. The predicted octanol–water partition coefficient (Wildman–Crippen LogP) is 4.29. The average Bonchev–Trinajstić information content (AvgIpc) is 3.33. The Morgan fingerprint density at radius 2 is 1.61 bits per heavy atom. The quantitative estimate of drug-likeness (QED) is 0.318. The summed E-state index contributed by atoms with van der Waals surface area (Å²) in [6.07, 6.45) is -1.03. The van der Waals surface area contributed by atoms with Gasteiger partial charge in [0, 0.05) is 6.07 Å². The van der Waals surface area contributed by atoms with Gasteiger partial charge in [0.25, 0.3) is 11.6 Å². The van der Waals surface area contributed by atoms with Crippen molar-refractivity contribution in [2.45, 2.75) is 18.7 Å². The van der Waals surface area contributed by atoms with Crippen LogP contribution in [-0.4, -0.2) is 27.7 Å². The van der Waals surface area contributed by atoms with Gasteiger partial charge in [-0.15, -0.1) is 0 Å². The number of likely N-dealkylation sites (tertiary alicyclic amines) is 1. The number of para-hydroxylation sites is 1. The number of nitrogens with zero attached hydrogens (tertiary/aromatic N) is 3. The molecule has 2 fully saturated rings. The molecule has 3 aromatic rings. The molecule has 2 amide bonds. The van der Waals surface area contributed by atoms with Gasteiger partial charge in [-0.2, -0.15) is 0 Å². The van der Waals surface area contributed by atoms with Crippen LogP contribution in [0.25, 0.3) is 0 Å². The zero-order valence-electron chi connectivity index (χ0n) is 17.2. The second-order valence-electron chi connectivity index (χ2n) is 7.87. The van der Waals surface area contributed by atoms with Crippen molar-refractivity contribution in [3.05, 3.63) is 105 Å². The summed E-state index contributed by atoms with van der Waals surface area (Å²) in [5.74, 6) is -1.67. The average molecular weight is 464 g/mol. The van der Waals surface area contributed by atoms with Crippen LogP contribution < -0.4 is 5.06 Å². The fourth-order valence-corrected chi connectivity index (χ4v) is 4.57. The van der Waals surface area contributed by atoms with Crippen LogP contribution in [0.15, 0.2) is 78.9 Å². The van der Waals surface area contributed by atoms with Crippen LogP contribution in [0.4, 0.5) is 11.4 Å². The molecule has 2 heterocycles. The number of hydrogen-bond acceptors (Lipinski definition) is 6. The lowest BCUT2D eigenvalue weighted by Crippen LogP contribution is -2.36. The molecule has 5 rings (SSSR count). The minimum atomic E-state index is -1.03. The van der Waals surface area contributed by atoms with Crippen LogP contribution in [-0.2, 0) is 21.0 Å². The highest BCUT2D eigenvalue weighted by Gasteiger charge is 2.59. The summed E-state index contributed by atoms with van der Waals surface area (Å²) in [5.41, 5.74) is 1.64. The first-order valence-electron chi connectivity index (χ1n) is 10.3. The molecule has 3 aromatic carbocycles. The topological polar surface area (TPSA) is 93.0 Å². The van der Waals surface area contributed by atoms with E-state index in [1.807, 2.05) is 36.4 Å². The third-order valence-corrected chi connectivity index (χ3v) is 6.23. The van der Waals surface area contributed by atoms with E-state index in [4.69, 9.17) is 16.4 Å². The third-order valence-electron chi connectivity index (χ3n) is 5.91. The van der Waals surface area contributed by atoms with Gasteiger partial charge in [0.05, 0.1) is 23.2 Å². The van der Waals surface area contributed by atoms with Crippen molar-refractivity contribution in [1.82, 2.24) is 4.90 Å². The van der Waals surface area contributed by atoms with E-state index in [9.17, 15) is 19.7 Å². The highest BCUT2D eigenvalue weighted by atomic mass is 35.5. The van der Waals surface area contributed by atoms with Gasteiger partial charge in [-0.25, -0.2) is 5.06 Å². The first-order valence-corrected chi connectivity index (χ1v) is 10.7. The molecule has 0 unspecified atom stereocenters. The second-order valence-corrected chi connectivity index (χ2v) is 8.28.